The summed E-state index contributed by atoms with van der Waals surface area (Å²) in [5, 5.41) is 4.91. The van der Waals surface area contributed by atoms with Crippen molar-refractivity contribution < 1.29 is 0 Å². The second kappa shape index (κ2) is 8.19. The Morgan fingerprint density at radius 3 is 1.82 bits per heavy atom. The maximum Gasteiger partial charge on any atom is 0.145 e. The second-order valence-electron chi connectivity index (χ2n) is 9.68. The number of para-hydroxylation sites is 3. The average molecular weight is 486 g/mol. The lowest BCUT2D eigenvalue weighted by Gasteiger charge is -2.12. The number of imidazole rings is 1. The first-order valence-electron chi connectivity index (χ1n) is 12.9. The molecular weight excluding hydrogens is 462 g/mol. The van der Waals surface area contributed by atoms with Crippen molar-refractivity contribution in [3.8, 4) is 22.8 Å². The Bertz CT molecular complexity index is 2100. The number of nitrogens with zero attached hydrogens (tertiary/aromatic N) is 3. The molecule has 8 rings (SSSR count). The van der Waals surface area contributed by atoms with E-state index in [1.807, 2.05) is 6.07 Å². The monoisotopic (exact) mass is 485 g/mol. The number of aromatic nitrogens is 3. The van der Waals surface area contributed by atoms with Crippen LogP contribution in [0.2, 0.25) is 0 Å². The summed E-state index contributed by atoms with van der Waals surface area (Å²) in [7, 11) is 0. The molecule has 0 unspecified atom stereocenters. The first-order chi connectivity index (χ1) is 18.9. The zero-order chi connectivity index (χ0) is 25.1. The Hall–Kier alpha value is -5.15. The third-order valence-electron chi connectivity index (χ3n) is 7.49. The fourth-order valence-corrected chi connectivity index (χ4v) is 5.82. The van der Waals surface area contributed by atoms with Crippen LogP contribution < -0.4 is 0 Å². The van der Waals surface area contributed by atoms with E-state index in [-0.39, 0.29) is 0 Å². The van der Waals surface area contributed by atoms with Crippen molar-refractivity contribution in [2.75, 3.05) is 0 Å². The molecule has 0 aliphatic rings. The predicted molar refractivity (Wildman–Crippen MR) is 158 cm³/mol. The molecule has 0 spiro atoms. The standard InChI is InChI=1S/C35H23N3/c1-4-12-24(13-5-1)35-36-31-22-25-20-21-29-28-18-10-11-19-32(28)37(26-14-6-2-7-15-26)34(29)30(25)23-33(31)38(35)27-16-8-3-9-17-27/h1-23H. The van der Waals surface area contributed by atoms with E-state index in [4.69, 9.17) is 4.98 Å². The normalized spacial score (nSPS) is 11.7. The van der Waals surface area contributed by atoms with Crippen molar-refractivity contribution in [3.63, 3.8) is 0 Å². The summed E-state index contributed by atoms with van der Waals surface area (Å²) in [5.41, 5.74) is 7.88. The van der Waals surface area contributed by atoms with Crippen LogP contribution in [-0.4, -0.2) is 14.1 Å². The van der Waals surface area contributed by atoms with Gasteiger partial charge in [0.25, 0.3) is 0 Å². The van der Waals surface area contributed by atoms with Crippen LogP contribution in [0, 0.1) is 0 Å². The Morgan fingerprint density at radius 2 is 1.08 bits per heavy atom. The molecule has 3 heteroatoms. The minimum atomic E-state index is 0.946. The van der Waals surface area contributed by atoms with E-state index in [1.54, 1.807) is 0 Å². The Morgan fingerprint density at radius 1 is 0.447 bits per heavy atom. The van der Waals surface area contributed by atoms with Crippen LogP contribution in [0.3, 0.4) is 0 Å². The van der Waals surface area contributed by atoms with Crippen molar-refractivity contribution in [2.24, 2.45) is 0 Å². The smallest absolute Gasteiger partial charge is 0.145 e. The van der Waals surface area contributed by atoms with Gasteiger partial charge in [0, 0.05) is 33.1 Å². The highest BCUT2D eigenvalue weighted by Crippen LogP contribution is 2.39. The highest BCUT2D eigenvalue weighted by molar-refractivity contribution is 6.20. The molecule has 178 valence electrons. The number of hydrogen-bond donors (Lipinski definition) is 0. The van der Waals surface area contributed by atoms with Gasteiger partial charge in [0.05, 0.1) is 22.1 Å². The summed E-state index contributed by atoms with van der Waals surface area (Å²) in [6, 6.07) is 49.4. The van der Waals surface area contributed by atoms with Crippen molar-refractivity contribution in [1.82, 2.24) is 14.1 Å². The molecular formula is C35H23N3. The molecule has 2 aromatic heterocycles. The van der Waals surface area contributed by atoms with Crippen LogP contribution in [0.1, 0.15) is 0 Å². The number of benzene rings is 6. The van der Waals surface area contributed by atoms with Crippen molar-refractivity contribution in [1.29, 1.82) is 0 Å². The Labute approximate surface area is 219 Å². The van der Waals surface area contributed by atoms with Gasteiger partial charge in [0.15, 0.2) is 0 Å². The molecule has 2 heterocycles. The SMILES string of the molecule is c1ccc(-c2nc3cc4ccc5c6ccccc6n(-c6ccccc6)c5c4cc3n2-c2ccccc2)cc1. The molecule has 3 nitrogen and oxygen atoms in total. The average Bonchev–Trinajstić information content (AvgIpc) is 3.53. The first kappa shape index (κ1) is 21.0. The van der Waals surface area contributed by atoms with Crippen molar-refractivity contribution in [3.05, 3.63) is 140 Å². The van der Waals surface area contributed by atoms with Gasteiger partial charge in [0.2, 0.25) is 0 Å². The molecule has 0 amide bonds. The third-order valence-corrected chi connectivity index (χ3v) is 7.49. The minimum Gasteiger partial charge on any atom is -0.309 e. The molecule has 0 fully saturated rings. The largest absolute Gasteiger partial charge is 0.309 e. The predicted octanol–water partition coefficient (Wildman–Crippen LogP) is 8.94. The molecule has 6 aromatic carbocycles. The fraction of sp³-hybridized carbons (Fsp3) is 0. The van der Waals surface area contributed by atoms with Crippen molar-refractivity contribution in [2.45, 2.75) is 0 Å². The van der Waals surface area contributed by atoms with Gasteiger partial charge in [-0.05, 0) is 47.9 Å². The summed E-state index contributed by atoms with van der Waals surface area (Å²) in [5.74, 6) is 0.946. The summed E-state index contributed by atoms with van der Waals surface area (Å²) >= 11 is 0. The van der Waals surface area contributed by atoms with Crippen LogP contribution in [0.4, 0.5) is 0 Å². The molecule has 8 aromatic rings. The summed E-state index contributed by atoms with van der Waals surface area (Å²) in [4.78, 5) is 5.17. The quantitative estimate of drug-likeness (QED) is 0.245. The van der Waals surface area contributed by atoms with E-state index >= 15 is 0 Å². The zero-order valence-electron chi connectivity index (χ0n) is 20.6. The van der Waals surface area contributed by atoms with Gasteiger partial charge in [-0.1, -0.05) is 97.1 Å². The first-order valence-corrected chi connectivity index (χ1v) is 12.9. The van der Waals surface area contributed by atoms with Crippen LogP contribution >= 0.6 is 0 Å². The molecule has 0 radical (unpaired) electrons. The molecule has 0 saturated heterocycles. The van der Waals surface area contributed by atoms with Crippen LogP contribution in [-0.2, 0) is 0 Å². The molecule has 0 N–H and O–H groups in total. The lowest BCUT2D eigenvalue weighted by molar-refractivity contribution is 1.10. The number of rotatable bonds is 3. The molecule has 0 bridgehead atoms. The van der Waals surface area contributed by atoms with E-state index in [0.717, 1.165) is 33.8 Å². The van der Waals surface area contributed by atoms with E-state index in [0.29, 0.717) is 0 Å². The lowest BCUT2D eigenvalue weighted by Crippen LogP contribution is -1.97. The van der Waals surface area contributed by atoms with E-state index in [2.05, 4.69) is 143 Å². The summed E-state index contributed by atoms with van der Waals surface area (Å²) < 4.78 is 4.69. The third kappa shape index (κ3) is 3.06. The van der Waals surface area contributed by atoms with E-state index in [9.17, 15) is 0 Å². The molecule has 0 aliphatic heterocycles. The highest BCUT2D eigenvalue weighted by Gasteiger charge is 2.19. The van der Waals surface area contributed by atoms with Crippen LogP contribution in [0.5, 0.6) is 0 Å². The topological polar surface area (TPSA) is 22.8 Å². The molecule has 0 aliphatic carbocycles. The van der Waals surface area contributed by atoms with Gasteiger partial charge in [-0.2, -0.15) is 0 Å². The summed E-state index contributed by atoms with van der Waals surface area (Å²) in [6.07, 6.45) is 0. The summed E-state index contributed by atoms with van der Waals surface area (Å²) in [6.45, 7) is 0. The molecule has 38 heavy (non-hydrogen) atoms. The molecule has 0 atom stereocenters. The zero-order valence-corrected chi connectivity index (χ0v) is 20.6. The van der Waals surface area contributed by atoms with Gasteiger partial charge in [0.1, 0.15) is 5.82 Å². The maximum atomic E-state index is 5.17. The van der Waals surface area contributed by atoms with Gasteiger partial charge >= 0.3 is 0 Å². The second-order valence-corrected chi connectivity index (χ2v) is 9.68. The van der Waals surface area contributed by atoms with E-state index in [1.165, 1.54) is 32.6 Å². The fourth-order valence-electron chi connectivity index (χ4n) is 5.82. The number of fused-ring (bicyclic) bond motifs is 6. The van der Waals surface area contributed by atoms with Gasteiger partial charge in [-0.25, -0.2) is 4.98 Å². The van der Waals surface area contributed by atoms with Gasteiger partial charge in [-0.3, -0.25) is 4.57 Å². The van der Waals surface area contributed by atoms with Gasteiger partial charge in [-0.15, -0.1) is 0 Å². The van der Waals surface area contributed by atoms with Crippen LogP contribution in [0.15, 0.2) is 140 Å². The molecule has 0 saturated carbocycles. The maximum absolute atomic E-state index is 5.17. The lowest BCUT2D eigenvalue weighted by atomic mass is 10.0. The Balaban J connectivity index is 1.55. The van der Waals surface area contributed by atoms with E-state index < -0.39 is 0 Å². The highest BCUT2D eigenvalue weighted by atomic mass is 15.1. The Kier molecular flexibility index (Phi) is 4.52. The van der Waals surface area contributed by atoms with Crippen LogP contribution in [0.25, 0.3) is 66.4 Å². The van der Waals surface area contributed by atoms with Gasteiger partial charge < -0.3 is 4.57 Å². The minimum absolute atomic E-state index is 0.946. The van der Waals surface area contributed by atoms with Crippen molar-refractivity contribution >= 4 is 43.6 Å². The number of hydrogen-bond acceptors (Lipinski definition) is 1.